The fraction of sp³-hybridized carbons (Fsp3) is 0.0952. The van der Waals surface area contributed by atoms with Crippen LogP contribution >= 0.6 is 15.9 Å². The third kappa shape index (κ3) is 3.24. The van der Waals surface area contributed by atoms with E-state index in [2.05, 4.69) is 30.5 Å². The van der Waals surface area contributed by atoms with Crippen LogP contribution in [-0.4, -0.2) is 27.6 Å². The van der Waals surface area contributed by atoms with Gasteiger partial charge in [0.05, 0.1) is 29.6 Å². The van der Waals surface area contributed by atoms with Crippen LogP contribution in [-0.2, 0) is 4.74 Å². The number of hydrogen-bond donors (Lipinski definition) is 0. The molecule has 0 N–H and O–H groups in total. The van der Waals surface area contributed by atoms with Gasteiger partial charge in [-0.25, -0.2) is 4.79 Å². The van der Waals surface area contributed by atoms with Crippen molar-refractivity contribution in [2.45, 2.75) is 6.04 Å². The largest absolute Gasteiger partial charge is 0.465 e. The Labute approximate surface area is 164 Å². The molecule has 0 amide bonds. The molecule has 3 aromatic heterocycles. The van der Waals surface area contributed by atoms with Gasteiger partial charge in [-0.2, -0.15) is 0 Å². The van der Waals surface area contributed by atoms with Gasteiger partial charge in [0.1, 0.15) is 6.04 Å². The van der Waals surface area contributed by atoms with Crippen LogP contribution in [0.1, 0.15) is 27.8 Å². The third-order valence-electron chi connectivity index (χ3n) is 4.42. The summed E-state index contributed by atoms with van der Waals surface area (Å²) in [6.07, 6.45) is 5.50. The number of carbonyl (C=O) groups is 1. The quantitative estimate of drug-likeness (QED) is 0.451. The van der Waals surface area contributed by atoms with Crippen molar-refractivity contribution >= 4 is 32.8 Å². The lowest BCUT2D eigenvalue weighted by Gasteiger charge is -2.20. The Kier molecular flexibility index (Phi) is 4.73. The highest BCUT2D eigenvalue weighted by Gasteiger charge is 2.22. The highest BCUT2D eigenvalue weighted by atomic mass is 79.9. The van der Waals surface area contributed by atoms with Crippen molar-refractivity contribution in [3.63, 3.8) is 0 Å². The van der Waals surface area contributed by atoms with Gasteiger partial charge in [-0.1, -0.05) is 28.1 Å². The van der Waals surface area contributed by atoms with Crippen LogP contribution < -0.4 is 0 Å². The molecular formula is C21H16BrN3O2. The lowest BCUT2D eigenvalue weighted by atomic mass is 10.1. The van der Waals surface area contributed by atoms with Gasteiger partial charge in [-0.3, -0.25) is 9.97 Å². The Bertz CT molecular complexity index is 1060. The highest BCUT2D eigenvalue weighted by molar-refractivity contribution is 9.10. The normalized spacial score (nSPS) is 11.1. The van der Waals surface area contributed by atoms with E-state index < -0.39 is 0 Å². The summed E-state index contributed by atoms with van der Waals surface area (Å²) in [5.41, 5.74) is 3.15. The molecule has 0 fully saturated rings. The summed E-state index contributed by atoms with van der Waals surface area (Å²) < 4.78 is 7.83. The zero-order chi connectivity index (χ0) is 18.8. The van der Waals surface area contributed by atoms with Gasteiger partial charge in [-0.05, 0) is 42.5 Å². The molecule has 4 aromatic rings. The molecule has 0 radical (unpaired) electrons. The van der Waals surface area contributed by atoms with Gasteiger partial charge in [0.25, 0.3) is 0 Å². The Balaban J connectivity index is 1.97. The molecule has 0 saturated carbocycles. The molecule has 4 rings (SSSR count). The SMILES string of the molecule is COC(=O)c1cc(Br)cc2c1ccn2C(c1ccccn1)c1ccccn1. The van der Waals surface area contributed by atoms with Gasteiger partial charge in [0.15, 0.2) is 0 Å². The number of esters is 1. The Hall–Kier alpha value is -2.99. The summed E-state index contributed by atoms with van der Waals surface area (Å²) in [6, 6.07) is 17.1. The van der Waals surface area contributed by atoms with Gasteiger partial charge in [0.2, 0.25) is 0 Å². The smallest absolute Gasteiger partial charge is 0.338 e. The lowest BCUT2D eigenvalue weighted by Crippen LogP contribution is -2.14. The summed E-state index contributed by atoms with van der Waals surface area (Å²) in [7, 11) is 1.39. The van der Waals surface area contributed by atoms with E-state index in [0.29, 0.717) is 5.56 Å². The molecule has 134 valence electrons. The van der Waals surface area contributed by atoms with Crippen molar-refractivity contribution in [2.75, 3.05) is 7.11 Å². The molecule has 0 unspecified atom stereocenters. The van der Waals surface area contributed by atoms with Crippen molar-refractivity contribution < 1.29 is 9.53 Å². The van der Waals surface area contributed by atoms with Gasteiger partial charge in [-0.15, -0.1) is 0 Å². The molecule has 0 spiro atoms. The topological polar surface area (TPSA) is 57.0 Å². The molecular weight excluding hydrogens is 406 g/mol. The fourth-order valence-electron chi connectivity index (χ4n) is 3.24. The van der Waals surface area contributed by atoms with Crippen LogP contribution in [0.15, 0.2) is 77.7 Å². The van der Waals surface area contributed by atoms with E-state index in [1.165, 1.54) is 7.11 Å². The second kappa shape index (κ2) is 7.32. The van der Waals surface area contributed by atoms with Gasteiger partial charge >= 0.3 is 5.97 Å². The van der Waals surface area contributed by atoms with Gasteiger partial charge < -0.3 is 9.30 Å². The molecule has 0 aliphatic heterocycles. The van der Waals surface area contributed by atoms with E-state index in [1.807, 2.05) is 54.7 Å². The first-order valence-electron chi connectivity index (χ1n) is 8.39. The second-order valence-electron chi connectivity index (χ2n) is 6.01. The molecule has 27 heavy (non-hydrogen) atoms. The van der Waals surface area contributed by atoms with Crippen molar-refractivity contribution in [3.05, 3.63) is 94.6 Å². The van der Waals surface area contributed by atoms with Crippen LogP contribution in [0.5, 0.6) is 0 Å². The first-order chi connectivity index (χ1) is 13.2. The Morgan fingerprint density at radius 1 is 1.04 bits per heavy atom. The molecule has 0 aliphatic rings. The second-order valence-corrected chi connectivity index (χ2v) is 6.93. The van der Waals surface area contributed by atoms with Crippen LogP contribution in [0.3, 0.4) is 0 Å². The van der Waals surface area contributed by atoms with Crippen LogP contribution in [0, 0.1) is 0 Å². The van der Waals surface area contributed by atoms with E-state index in [9.17, 15) is 4.79 Å². The number of benzene rings is 1. The standard InChI is InChI=1S/C21H16BrN3O2/c1-27-21(26)16-12-14(22)13-19-15(16)8-11-25(19)20(17-6-2-4-9-23-17)18-7-3-5-10-24-18/h2-13,20H,1H3. The number of nitrogens with zero attached hydrogens (tertiary/aromatic N) is 3. The summed E-state index contributed by atoms with van der Waals surface area (Å²) >= 11 is 3.51. The van der Waals surface area contributed by atoms with E-state index >= 15 is 0 Å². The number of halogens is 1. The zero-order valence-corrected chi connectivity index (χ0v) is 16.1. The van der Waals surface area contributed by atoms with Crippen molar-refractivity contribution in [2.24, 2.45) is 0 Å². The van der Waals surface area contributed by atoms with Crippen LogP contribution in [0.4, 0.5) is 0 Å². The van der Waals surface area contributed by atoms with E-state index in [1.54, 1.807) is 18.5 Å². The number of fused-ring (bicyclic) bond motifs is 1. The minimum Gasteiger partial charge on any atom is -0.465 e. The summed E-state index contributed by atoms with van der Waals surface area (Å²) in [5.74, 6) is -0.369. The number of hydrogen-bond acceptors (Lipinski definition) is 4. The summed E-state index contributed by atoms with van der Waals surface area (Å²) in [5, 5.41) is 0.821. The molecule has 0 atom stereocenters. The predicted octanol–water partition coefficient (Wildman–Crippen LogP) is 4.62. The molecule has 6 heteroatoms. The number of carbonyl (C=O) groups excluding carboxylic acids is 1. The number of methoxy groups -OCH3 is 1. The molecule has 5 nitrogen and oxygen atoms in total. The number of pyridine rings is 2. The molecule has 0 saturated heterocycles. The average Bonchev–Trinajstić information content (AvgIpc) is 3.12. The van der Waals surface area contributed by atoms with Crippen LogP contribution in [0.2, 0.25) is 0 Å². The van der Waals surface area contributed by atoms with E-state index in [0.717, 1.165) is 26.8 Å². The minimum atomic E-state index is -0.369. The van der Waals surface area contributed by atoms with Crippen molar-refractivity contribution in [1.82, 2.24) is 14.5 Å². The van der Waals surface area contributed by atoms with E-state index in [-0.39, 0.29) is 12.0 Å². The molecule has 0 aliphatic carbocycles. The highest BCUT2D eigenvalue weighted by Crippen LogP contribution is 2.32. The third-order valence-corrected chi connectivity index (χ3v) is 4.88. The molecule has 1 aromatic carbocycles. The summed E-state index contributed by atoms with van der Waals surface area (Å²) in [4.78, 5) is 21.3. The maximum atomic E-state index is 12.2. The number of ether oxygens (including phenoxy) is 1. The fourth-order valence-corrected chi connectivity index (χ4v) is 3.69. The Morgan fingerprint density at radius 3 is 2.26 bits per heavy atom. The maximum Gasteiger partial charge on any atom is 0.338 e. The molecule has 3 heterocycles. The predicted molar refractivity (Wildman–Crippen MR) is 107 cm³/mol. The Morgan fingerprint density at radius 2 is 1.70 bits per heavy atom. The molecule has 0 bridgehead atoms. The lowest BCUT2D eigenvalue weighted by molar-refractivity contribution is 0.0603. The summed E-state index contributed by atoms with van der Waals surface area (Å²) in [6.45, 7) is 0. The average molecular weight is 422 g/mol. The van der Waals surface area contributed by atoms with Crippen molar-refractivity contribution in [3.8, 4) is 0 Å². The zero-order valence-electron chi connectivity index (χ0n) is 14.5. The maximum absolute atomic E-state index is 12.2. The van der Waals surface area contributed by atoms with Crippen molar-refractivity contribution in [1.29, 1.82) is 0 Å². The first kappa shape index (κ1) is 17.4. The number of rotatable bonds is 4. The first-order valence-corrected chi connectivity index (χ1v) is 9.18. The number of aromatic nitrogens is 3. The van der Waals surface area contributed by atoms with Gasteiger partial charge in [0, 0.05) is 28.4 Å². The minimum absolute atomic E-state index is 0.218. The monoisotopic (exact) mass is 421 g/mol. The van der Waals surface area contributed by atoms with Crippen LogP contribution in [0.25, 0.3) is 10.9 Å². The van der Waals surface area contributed by atoms with E-state index in [4.69, 9.17) is 4.74 Å².